The van der Waals surface area contributed by atoms with Crippen LogP contribution in [0.15, 0.2) is 60.0 Å². The van der Waals surface area contributed by atoms with Gasteiger partial charge in [-0.25, -0.2) is 0 Å². The number of thioether (sulfide) groups is 1. The first-order chi connectivity index (χ1) is 14.3. The van der Waals surface area contributed by atoms with Crippen LogP contribution >= 0.6 is 11.8 Å². The third-order valence-corrected chi connectivity index (χ3v) is 6.22. The molecular weight excluding hydrogens is 382 g/mol. The van der Waals surface area contributed by atoms with E-state index >= 15 is 0 Å². The Bertz CT molecular complexity index is 944. The van der Waals surface area contributed by atoms with Crippen LogP contribution in [0, 0.1) is 0 Å². The summed E-state index contributed by atoms with van der Waals surface area (Å²) in [5.41, 5.74) is 1.86. The van der Waals surface area contributed by atoms with Crippen molar-refractivity contribution in [2.45, 2.75) is 43.8 Å². The third kappa shape index (κ3) is 4.34. The lowest BCUT2D eigenvalue weighted by Gasteiger charge is -2.35. The number of likely N-dealkylation sites (tertiary alicyclic amines) is 1. The highest BCUT2D eigenvalue weighted by Gasteiger charge is 2.26. The highest BCUT2D eigenvalue weighted by molar-refractivity contribution is 7.99. The number of piperidine rings is 1. The minimum Gasteiger partial charge on any atom is -0.339 e. The van der Waals surface area contributed by atoms with E-state index in [0.717, 1.165) is 42.9 Å². The van der Waals surface area contributed by atoms with E-state index < -0.39 is 0 Å². The van der Waals surface area contributed by atoms with Gasteiger partial charge >= 0.3 is 0 Å². The van der Waals surface area contributed by atoms with Gasteiger partial charge < -0.3 is 4.90 Å². The molecule has 0 aliphatic carbocycles. The van der Waals surface area contributed by atoms with Gasteiger partial charge in [0, 0.05) is 36.2 Å². The second-order valence-electron chi connectivity index (χ2n) is 7.15. The standard InChI is InChI=1S/C22H25N5OS/c1-2-18-10-6-7-14-26(18)20(28)16-29-22-25-24-21(17-9-8-13-23-15-17)27(22)19-11-4-3-5-12-19/h3-5,8-9,11-13,15,18H,2,6-7,10,14,16H2,1H3. The van der Waals surface area contributed by atoms with Crippen LogP contribution in [0.4, 0.5) is 0 Å². The number of rotatable bonds is 6. The quantitative estimate of drug-likeness (QED) is 0.573. The van der Waals surface area contributed by atoms with Gasteiger partial charge in [-0.15, -0.1) is 10.2 Å². The number of para-hydroxylation sites is 1. The minimum absolute atomic E-state index is 0.187. The van der Waals surface area contributed by atoms with Crippen molar-refractivity contribution in [2.75, 3.05) is 12.3 Å². The van der Waals surface area contributed by atoms with Gasteiger partial charge in [-0.3, -0.25) is 14.3 Å². The van der Waals surface area contributed by atoms with Gasteiger partial charge in [0.25, 0.3) is 0 Å². The number of hydrogen-bond donors (Lipinski definition) is 0. The van der Waals surface area contributed by atoms with Crippen molar-refractivity contribution < 1.29 is 4.79 Å². The molecule has 4 rings (SSSR count). The molecule has 1 aliphatic rings. The molecule has 3 aromatic rings. The highest BCUT2D eigenvalue weighted by atomic mass is 32.2. The molecule has 150 valence electrons. The Labute approximate surface area is 175 Å². The van der Waals surface area contributed by atoms with Crippen LogP contribution in [0.25, 0.3) is 17.1 Å². The Kier molecular flexibility index (Phi) is 6.24. The molecule has 1 fully saturated rings. The van der Waals surface area contributed by atoms with E-state index in [1.165, 1.54) is 18.2 Å². The SMILES string of the molecule is CCC1CCCCN1C(=O)CSc1nnc(-c2cccnc2)n1-c1ccccc1. The van der Waals surface area contributed by atoms with Crippen molar-refractivity contribution in [3.63, 3.8) is 0 Å². The number of pyridine rings is 1. The molecule has 1 saturated heterocycles. The van der Waals surface area contributed by atoms with E-state index in [1.807, 2.05) is 47.0 Å². The molecule has 2 aromatic heterocycles. The molecule has 29 heavy (non-hydrogen) atoms. The van der Waals surface area contributed by atoms with Crippen molar-refractivity contribution in [3.05, 3.63) is 54.9 Å². The molecular formula is C22H25N5OS. The normalized spacial score (nSPS) is 16.7. The van der Waals surface area contributed by atoms with Gasteiger partial charge in [0.05, 0.1) is 5.75 Å². The second-order valence-corrected chi connectivity index (χ2v) is 8.10. The minimum atomic E-state index is 0.187. The highest BCUT2D eigenvalue weighted by Crippen LogP contribution is 2.28. The predicted molar refractivity (Wildman–Crippen MR) is 115 cm³/mol. The van der Waals surface area contributed by atoms with E-state index in [4.69, 9.17) is 0 Å². The Morgan fingerprint density at radius 1 is 1.14 bits per heavy atom. The molecule has 0 bridgehead atoms. The molecule has 0 spiro atoms. The van der Waals surface area contributed by atoms with Gasteiger partial charge in [0.15, 0.2) is 11.0 Å². The van der Waals surface area contributed by atoms with Crippen LogP contribution in [0.5, 0.6) is 0 Å². The monoisotopic (exact) mass is 407 g/mol. The van der Waals surface area contributed by atoms with Crippen molar-refractivity contribution >= 4 is 17.7 Å². The van der Waals surface area contributed by atoms with Crippen LogP contribution in [0.1, 0.15) is 32.6 Å². The predicted octanol–water partition coefficient (Wildman–Crippen LogP) is 4.21. The lowest BCUT2D eigenvalue weighted by molar-refractivity contribution is -0.132. The average molecular weight is 408 g/mol. The van der Waals surface area contributed by atoms with Crippen molar-refractivity contribution in [1.29, 1.82) is 0 Å². The molecule has 1 amide bonds. The summed E-state index contributed by atoms with van der Waals surface area (Å²) >= 11 is 1.45. The van der Waals surface area contributed by atoms with Crippen LogP contribution in [0.3, 0.4) is 0 Å². The number of benzene rings is 1. The summed E-state index contributed by atoms with van der Waals surface area (Å²) < 4.78 is 2.00. The maximum Gasteiger partial charge on any atom is 0.233 e. The van der Waals surface area contributed by atoms with Crippen molar-refractivity contribution in [3.8, 4) is 17.1 Å². The molecule has 1 unspecified atom stereocenters. The Morgan fingerprint density at radius 2 is 2.00 bits per heavy atom. The summed E-state index contributed by atoms with van der Waals surface area (Å²) in [4.78, 5) is 19.2. The number of aromatic nitrogens is 4. The summed E-state index contributed by atoms with van der Waals surface area (Å²) in [5, 5.41) is 9.53. The molecule has 1 aromatic carbocycles. The fourth-order valence-corrected chi connectivity index (χ4v) is 4.66. The first-order valence-electron chi connectivity index (χ1n) is 10.1. The van der Waals surface area contributed by atoms with E-state index in [0.29, 0.717) is 17.0 Å². The summed E-state index contributed by atoms with van der Waals surface area (Å²) in [6, 6.07) is 14.2. The van der Waals surface area contributed by atoms with Crippen LogP contribution in [0.2, 0.25) is 0 Å². The van der Waals surface area contributed by atoms with E-state index in [-0.39, 0.29) is 5.91 Å². The number of amides is 1. The molecule has 0 N–H and O–H groups in total. The summed E-state index contributed by atoms with van der Waals surface area (Å²) in [6.07, 6.45) is 7.96. The fourth-order valence-electron chi connectivity index (χ4n) is 3.82. The fraction of sp³-hybridized carbons (Fsp3) is 0.364. The third-order valence-electron chi connectivity index (χ3n) is 5.31. The molecule has 0 radical (unpaired) electrons. The first kappa shape index (κ1) is 19.6. The lowest BCUT2D eigenvalue weighted by Crippen LogP contribution is -2.44. The van der Waals surface area contributed by atoms with Gasteiger partial charge in [-0.1, -0.05) is 36.9 Å². The van der Waals surface area contributed by atoms with Gasteiger partial charge in [0.2, 0.25) is 5.91 Å². The smallest absolute Gasteiger partial charge is 0.233 e. The molecule has 3 heterocycles. The summed E-state index contributed by atoms with van der Waals surface area (Å²) in [6.45, 7) is 3.03. The molecule has 1 atom stereocenters. The number of carbonyl (C=O) groups is 1. The summed E-state index contributed by atoms with van der Waals surface area (Å²) in [5.74, 6) is 1.28. The maximum absolute atomic E-state index is 12.9. The van der Waals surface area contributed by atoms with Gasteiger partial charge in [0.1, 0.15) is 0 Å². The Hall–Kier alpha value is -2.67. The molecule has 7 heteroatoms. The second kappa shape index (κ2) is 9.22. The molecule has 1 aliphatic heterocycles. The number of nitrogens with zero attached hydrogens (tertiary/aromatic N) is 5. The van der Waals surface area contributed by atoms with E-state index in [2.05, 4.69) is 27.0 Å². The van der Waals surface area contributed by atoms with E-state index in [1.54, 1.807) is 12.4 Å². The molecule has 6 nitrogen and oxygen atoms in total. The zero-order valence-electron chi connectivity index (χ0n) is 16.6. The van der Waals surface area contributed by atoms with Crippen LogP contribution in [-0.4, -0.2) is 48.9 Å². The van der Waals surface area contributed by atoms with Gasteiger partial charge in [-0.2, -0.15) is 0 Å². The number of carbonyl (C=O) groups excluding carboxylic acids is 1. The number of hydrogen-bond acceptors (Lipinski definition) is 5. The average Bonchev–Trinajstić information content (AvgIpc) is 3.22. The van der Waals surface area contributed by atoms with Crippen molar-refractivity contribution in [1.82, 2.24) is 24.6 Å². The topological polar surface area (TPSA) is 63.9 Å². The Morgan fingerprint density at radius 3 is 2.76 bits per heavy atom. The largest absolute Gasteiger partial charge is 0.339 e. The van der Waals surface area contributed by atoms with Crippen LogP contribution < -0.4 is 0 Å². The Balaban J connectivity index is 1.59. The van der Waals surface area contributed by atoms with Crippen molar-refractivity contribution in [2.24, 2.45) is 0 Å². The molecule has 0 saturated carbocycles. The van der Waals surface area contributed by atoms with Crippen LogP contribution in [-0.2, 0) is 4.79 Å². The zero-order chi connectivity index (χ0) is 20.1. The summed E-state index contributed by atoms with van der Waals surface area (Å²) in [7, 11) is 0. The van der Waals surface area contributed by atoms with Gasteiger partial charge in [-0.05, 0) is 49.9 Å². The maximum atomic E-state index is 12.9. The lowest BCUT2D eigenvalue weighted by atomic mass is 10.0. The first-order valence-corrected chi connectivity index (χ1v) is 11.1. The van der Waals surface area contributed by atoms with E-state index in [9.17, 15) is 4.79 Å². The zero-order valence-corrected chi connectivity index (χ0v) is 17.4.